The number of hydrogen-bond acceptors (Lipinski definition) is 4. The number of carbonyl (C=O) groups excluding carboxylic acids is 1. The maximum Gasteiger partial charge on any atom is 0.255 e. The van der Waals surface area contributed by atoms with Crippen LogP contribution in [0.4, 0.5) is 14.5 Å². The average molecular weight is 370 g/mol. The fraction of sp³-hybridized carbons (Fsp3) is 0.188. The number of halogens is 2. The van der Waals surface area contributed by atoms with E-state index in [0.717, 1.165) is 22.5 Å². The molecule has 0 saturated carbocycles. The summed E-state index contributed by atoms with van der Waals surface area (Å²) in [6.07, 6.45) is 0. The fourth-order valence-electron chi connectivity index (χ4n) is 1.99. The molecule has 1 amide bonds. The smallest absolute Gasteiger partial charge is 0.255 e. The first-order valence-electron chi connectivity index (χ1n) is 7.03. The lowest BCUT2D eigenvalue weighted by atomic mass is 10.2. The summed E-state index contributed by atoms with van der Waals surface area (Å²) in [7, 11) is 0.378. The molecule has 0 fully saturated rings. The van der Waals surface area contributed by atoms with Crippen LogP contribution in [0.25, 0.3) is 0 Å². The Bertz CT molecular complexity index is 914. The van der Waals surface area contributed by atoms with Crippen molar-refractivity contribution in [1.29, 1.82) is 0 Å². The summed E-state index contributed by atoms with van der Waals surface area (Å²) < 4.78 is 56.8. The molecule has 2 aromatic rings. The van der Waals surface area contributed by atoms with Crippen molar-refractivity contribution in [1.82, 2.24) is 4.31 Å². The standard InChI is InChI=1S/C16H16F2N2O4S/c1-20(2)25(22,23)11-5-7-15(24-3)14(9-11)19-16(21)10-4-6-12(17)13(18)8-10/h4-9H,1-3H3,(H,19,21). The Morgan fingerprint density at radius 2 is 1.76 bits per heavy atom. The van der Waals surface area contributed by atoms with Crippen molar-refractivity contribution in [2.24, 2.45) is 0 Å². The molecule has 0 spiro atoms. The van der Waals surface area contributed by atoms with Gasteiger partial charge in [-0.25, -0.2) is 21.5 Å². The van der Waals surface area contributed by atoms with Crippen molar-refractivity contribution < 1.29 is 26.7 Å². The van der Waals surface area contributed by atoms with Gasteiger partial charge in [0.2, 0.25) is 10.0 Å². The minimum Gasteiger partial charge on any atom is -0.495 e. The molecule has 0 radical (unpaired) electrons. The van der Waals surface area contributed by atoms with E-state index in [1.807, 2.05) is 0 Å². The van der Waals surface area contributed by atoms with Crippen molar-refractivity contribution in [3.8, 4) is 5.75 Å². The van der Waals surface area contributed by atoms with Gasteiger partial charge < -0.3 is 10.1 Å². The molecule has 25 heavy (non-hydrogen) atoms. The van der Waals surface area contributed by atoms with Gasteiger partial charge in [0.15, 0.2) is 11.6 Å². The Morgan fingerprint density at radius 3 is 2.32 bits per heavy atom. The van der Waals surface area contributed by atoms with Crippen molar-refractivity contribution in [3.63, 3.8) is 0 Å². The molecule has 0 saturated heterocycles. The van der Waals surface area contributed by atoms with E-state index < -0.39 is 27.6 Å². The summed E-state index contributed by atoms with van der Waals surface area (Å²) in [5.74, 6) is -2.76. The van der Waals surface area contributed by atoms with Crippen molar-refractivity contribution in [2.75, 3.05) is 26.5 Å². The van der Waals surface area contributed by atoms with Crippen LogP contribution in [0, 0.1) is 11.6 Å². The maximum atomic E-state index is 13.3. The van der Waals surface area contributed by atoms with Gasteiger partial charge in [0.25, 0.3) is 5.91 Å². The summed E-state index contributed by atoms with van der Waals surface area (Å²) in [5, 5.41) is 2.44. The van der Waals surface area contributed by atoms with Gasteiger partial charge in [0, 0.05) is 19.7 Å². The molecule has 1 N–H and O–H groups in total. The molecular weight excluding hydrogens is 354 g/mol. The van der Waals surface area contributed by atoms with Gasteiger partial charge in [-0.2, -0.15) is 0 Å². The molecule has 2 rings (SSSR count). The van der Waals surface area contributed by atoms with E-state index in [2.05, 4.69) is 5.32 Å². The number of amides is 1. The highest BCUT2D eigenvalue weighted by Gasteiger charge is 2.20. The van der Waals surface area contributed by atoms with Crippen molar-refractivity contribution in [3.05, 3.63) is 53.6 Å². The van der Waals surface area contributed by atoms with Gasteiger partial charge in [-0.1, -0.05) is 0 Å². The van der Waals surface area contributed by atoms with Crippen LogP contribution in [0.3, 0.4) is 0 Å². The van der Waals surface area contributed by atoms with E-state index in [1.165, 1.54) is 39.4 Å². The second-order valence-electron chi connectivity index (χ2n) is 5.23. The topological polar surface area (TPSA) is 75.7 Å². The monoisotopic (exact) mass is 370 g/mol. The Morgan fingerprint density at radius 1 is 1.08 bits per heavy atom. The van der Waals surface area contributed by atoms with E-state index in [1.54, 1.807) is 0 Å². The van der Waals surface area contributed by atoms with Crippen LogP contribution >= 0.6 is 0 Å². The average Bonchev–Trinajstić information content (AvgIpc) is 2.57. The second-order valence-corrected chi connectivity index (χ2v) is 7.38. The third-order valence-electron chi connectivity index (χ3n) is 3.38. The number of hydrogen-bond donors (Lipinski definition) is 1. The van der Waals surface area contributed by atoms with Gasteiger partial charge in [-0.3, -0.25) is 4.79 Å². The Kier molecular flexibility index (Phi) is 5.39. The Hall–Kier alpha value is -2.52. The predicted molar refractivity (Wildman–Crippen MR) is 88.2 cm³/mol. The zero-order chi connectivity index (χ0) is 18.8. The molecule has 6 nitrogen and oxygen atoms in total. The van der Waals surface area contributed by atoms with E-state index >= 15 is 0 Å². The van der Waals surface area contributed by atoms with Gasteiger partial charge in [-0.15, -0.1) is 0 Å². The normalized spacial score (nSPS) is 11.4. The maximum absolute atomic E-state index is 13.3. The quantitative estimate of drug-likeness (QED) is 0.877. The van der Waals surface area contributed by atoms with Gasteiger partial charge in [0.05, 0.1) is 17.7 Å². The highest BCUT2D eigenvalue weighted by atomic mass is 32.2. The van der Waals surface area contributed by atoms with E-state index in [9.17, 15) is 22.0 Å². The number of rotatable bonds is 5. The van der Waals surface area contributed by atoms with Crippen molar-refractivity contribution >= 4 is 21.6 Å². The predicted octanol–water partition coefficient (Wildman–Crippen LogP) is 2.48. The number of ether oxygens (including phenoxy) is 1. The van der Waals surface area contributed by atoms with Gasteiger partial charge in [-0.05, 0) is 36.4 Å². The highest BCUT2D eigenvalue weighted by Crippen LogP contribution is 2.29. The molecule has 134 valence electrons. The van der Waals surface area contributed by atoms with E-state index in [4.69, 9.17) is 4.74 Å². The lowest BCUT2D eigenvalue weighted by molar-refractivity contribution is 0.102. The number of nitrogens with one attached hydrogen (secondary N) is 1. The SMILES string of the molecule is COc1ccc(S(=O)(=O)N(C)C)cc1NC(=O)c1ccc(F)c(F)c1. The lowest BCUT2D eigenvalue weighted by Crippen LogP contribution is -2.22. The first kappa shape index (κ1) is 18.8. The first-order chi connectivity index (χ1) is 11.7. The van der Waals surface area contributed by atoms with Crippen LogP contribution < -0.4 is 10.1 Å². The number of benzene rings is 2. The number of nitrogens with zero attached hydrogens (tertiary/aromatic N) is 1. The molecule has 0 atom stereocenters. The minimum absolute atomic E-state index is 0.0566. The zero-order valence-corrected chi connectivity index (χ0v) is 14.5. The molecule has 0 aliphatic carbocycles. The number of carbonyl (C=O) groups is 1. The molecule has 0 heterocycles. The molecule has 0 bridgehead atoms. The largest absolute Gasteiger partial charge is 0.495 e. The van der Waals surface area contributed by atoms with E-state index in [0.29, 0.717) is 0 Å². The second kappa shape index (κ2) is 7.16. The third-order valence-corrected chi connectivity index (χ3v) is 5.19. The molecule has 0 aliphatic heterocycles. The van der Waals surface area contributed by atoms with Crippen LogP contribution in [0.2, 0.25) is 0 Å². The van der Waals surface area contributed by atoms with Crippen LogP contribution in [-0.2, 0) is 10.0 Å². The van der Waals surface area contributed by atoms with Gasteiger partial charge >= 0.3 is 0 Å². The van der Waals surface area contributed by atoms with Crippen LogP contribution in [-0.4, -0.2) is 39.8 Å². The summed E-state index contributed by atoms with van der Waals surface area (Å²) in [6, 6.07) is 6.64. The van der Waals surface area contributed by atoms with Gasteiger partial charge in [0.1, 0.15) is 5.75 Å². The number of anilines is 1. The summed E-state index contributed by atoms with van der Waals surface area (Å²) >= 11 is 0. The van der Waals surface area contributed by atoms with Crippen LogP contribution in [0.1, 0.15) is 10.4 Å². The molecule has 0 aliphatic rings. The van der Waals surface area contributed by atoms with Crippen molar-refractivity contribution in [2.45, 2.75) is 4.90 Å². The van der Waals surface area contributed by atoms with Crippen LogP contribution in [0.5, 0.6) is 5.75 Å². The summed E-state index contributed by atoms with van der Waals surface area (Å²) in [5.41, 5.74) is -0.0398. The number of methoxy groups -OCH3 is 1. The summed E-state index contributed by atoms with van der Waals surface area (Å²) in [6.45, 7) is 0. The Labute approximate surface area is 144 Å². The first-order valence-corrected chi connectivity index (χ1v) is 8.48. The third kappa shape index (κ3) is 3.94. The molecular formula is C16H16F2N2O4S. The molecule has 2 aromatic carbocycles. The number of sulfonamides is 1. The molecule has 9 heteroatoms. The minimum atomic E-state index is -3.72. The van der Waals surface area contributed by atoms with E-state index in [-0.39, 0.29) is 21.9 Å². The molecule has 0 unspecified atom stereocenters. The van der Waals surface area contributed by atoms with Crippen LogP contribution in [0.15, 0.2) is 41.3 Å². The summed E-state index contributed by atoms with van der Waals surface area (Å²) in [4.78, 5) is 12.2. The Balaban J connectivity index is 2.40. The fourth-order valence-corrected chi connectivity index (χ4v) is 2.92. The highest BCUT2D eigenvalue weighted by molar-refractivity contribution is 7.89. The molecule has 0 aromatic heterocycles. The zero-order valence-electron chi connectivity index (χ0n) is 13.7. The lowest BCUT2D eigenvalue weighted by Gasteiger charge is -2.15.